The number of hydrogen-bond donors (Lipinski definition) is 1. The summed E-state index contributed by atoms with van der Waals surface area (Å²) in [6.07, 6.45) is 0. The first kappa shape index (κ1) is 29.7. The van der Waals surface area contributed by atoms with E-state index < -0.39 is 0 Å². The lowest BCUT2D eigenvalue weighted by atomic mass is 9.89. The molecule has 4 nitrogen and oxygen atoms in total. The molecule has 0 amide bonds. The van der Waals surface area contributed by atoms with Crippen molar-refractivity contribution in [1.29, 1.82) is 0 Å². The van der Waals surface area contributed by atoms with E-state index in [9.17, 15) is 0 Å². The molecule has 2 fully saturated rings. The summed E-state index contributed by atoms with van der Waals surface area (Å²) in [4.78, 5) is 2.54. The second-order valence-electron chi connectivity index (χ2n) is 10.6. The predicted molar refractivity (Wildman–Crippen MR) is 176 cm³/mol. The molecule has 2 aliphatic rings. The van der Waals surface area contributed by atoms with E-state index in [1.807, 2.05) is 44.2 Å². The van der Waals surface area contributed by atoms with Gasteiger partial charge in [-0.25, -0.2) is 0 Å². The maximum atomic E-state index is 6.08. The lowest BCUT2D eigenvalue weighted by molar-refractivity contribution is 0.100. The number of halogens is 1. The molecule has 42 heavy (non-hydrogen) atoms. The van der Waals surface area contributed by atoms with Gasteiger partial charge in [-0.1, -0.05) is 111 Å². The Balaban J connectivity index is 0.000000185. The van der Waals surface area contributed by atoms with E-state index in [1.165, 1.54) is 21.9 Å². The van der Waals surface area contributed by atoms with Crippen LogP contribution in [0, 0.1) is 0 Å². The highest BCUT2D eigenvalue weighted by Crippen LogP contribution is 2.39. The molecule has 2 aromatic heterocycles. The Labute approximate surface area is 254 Å². The Morgan fingerprint density at radius 2 is 1.02 bits per heavy atom. The summed E-state index contributed by atoms with van der Waals surface area (Å²) in [7, 11) is 0. The third kappa shape index (κ3) is 6.32. The molecule has 2 aliphatic heterocycles. The molecule has 4 heterocycles. The van der Waals surface area contributed by atoms with E-state index in [4.69, 9.17) is 8.83 Å². The number of rotatable bonds is 5. The van der Waals surface area contributed by atoms with Crippen LogP contribution in [-0.4, -0.2) is 31.1 Å². The molecule has 0 saturated carbocycles. The van der Waals surface area contributed by atoms with Gasteiger partial charge in [0.25, 0.3) is 0 Å². The molecular formula is C37H39ClN2O2. The second kappa shape index (κ2) is 13.9. The van der Waals surface area contributed by atoms with Crippen molar-refractivity contribution in [2.45, 2.75) is 31.7 Å². The quantitative estimate of drug-likeness (QED) is 0.221. The van der Waals surface area contributed by atoms with Crippen molar-refractivity contribution >= 4 is 34.3 Å². The lowest BCUT2D eigenvalue weighted by Gasteiger charge is -2.44. The van der Waals surface area contributed by atoms with Crippen molar-refractivity contribution in [3.05, 3.63) is 144 Å². The van der Waals surface area contributed by atoms with Gasteiger partial charge in [0.15, 0.2) is 0 Å². The normalized spacial score (nSPS) is 15.1. The van der Waals surface area contributed by atoms with E-state index >= 15 is 0 Å². The van der Waals surface area contributed by atoms with Crippen LogP contribution in [0.25, 0.3) is 21.9 Å². The number of para-hydroxylation sites is 2. The van der Waals surface area contributed by atoms with Gasteiger partial charge in [-0.3, -0.25) is 4.90 Å². The molecule has 0 unspecified atom stereocenters. The fraction of sp³-hybridized carbons (Fsp3) is 0.243. The van der Waals surface area contributed by atoms with Crippen LogP contribution >= 0.6 is 12.4 Å². The zero-order valence-corrected chi connectivity index (χ0v) is 25.1. The van der Waals surface area contributed by atoms with Gasteiger partial charge in [-0.15, -0.1) is 12.4 Å². The average molecular weight is 579 g/mol. The Kier molecular flexibility index (Phi) is 9.81. The van der Waals surface area contributed by atoms with E-state index in [2.05, 4.69) is 101 Å². The number of likely N-dealkylation sites (tertiary alicyclic amines) is 1. The summed E-state index contributed by atoms with van der Waals surface area (Å²) in [6, 6.07) is 42.7. The number of fused-ring (bicyclic) bond motifs is 2. The summed E-state index contributed by atoms with van der Waals surface area (Å²) < 4.78 is 11.8. The molecule has 0 spiro atoms. The van der Waals surface area contributed by atoms with Crippen molar-refractivity contribution < 1.29 is 8.83 Å². The smallest absolute Gasteiger partial charge is 0.134 e. The zero-order chi connectivity index (χ0) is 28.0. The van der Waals surface area contributed by atoms with E-state index in [0.717, 1.165) is 48.9 Å². The van der Waals surface area contributed by atoms with Crippen molar-refractivity contribution in [1.82, 2.24) is 10.2 Å². The molecule has 0 atom stereocenters. The molecule has 0 bridgehead atoms. The van der Waals surface area contributed by atoms with Gasteiger partial charge in [-0.05, 0) is 35.4 Å². The SMILES string of the molecule is CC.Cl.c1ccc(C(c2ccccc2)N2CC(c3cc4ccccc4o3)C2)cc1.c1ccc2oc(C3CNC3)cc2c1. The summed E-state index contributed by atoms with van der Waals surface area (Å²) in [5, 5.41) is 5.65. The first-order chi connectivity index (χ1) is 20.3. The van der Waals surface area contributed by atoms with Crippen molar-refractivity contribution in [2.75, 3.05) is 26.2 Å². The minimum atomic E-state index is 0. The Morgan fingerprint density at radius 1 is 0.595 bits per heavy atom. The van der Waals surface area contributed by atoms with Crippen molar-refractivity contribution in [3.63, 3.8) is 0 Å². The number of furan rings is 2. The maximum absolute atomic E-state index is 6.08. The third-order valence-corrected chi connectivity index (χ3v) is 7.98. The zero-order valence-electron chi connectivity index (χ0n) is 24.3. The molecule has 5 heteroatoms. The summed E-state index contributed by atoms with van der Waals surface area (Å²) in [5.41, 5.74) is 4.69. The van der Waals surface area contributed by atoms with Crippen LogP contribution in [0.15, 0.2) is 130 Å². The minimum absolute atomic E-state index is 0. The number of nitrogens with zero attached hydrogens (tertiary/aromatic N) is 1. The highest BCUT2D eigenvalue weighted by Gasteiger charge is 2.36. The Bertz CT molecular complexity index is 1560. The predicted octanol–water partition coefficient (Wildman–Crippen LogP) is 9.19. The number of hydrogen-bond acceptors (Lipinski definition) is 4. The molecule has 216 valence electrons. The van der Waals surface area contributed by atoms with Gasteiger partial charge in [-0.2, -0.15) is 0 Å². The van der Waals surface area contributed by atoms with Gasteiger partial charge < -0.3 is 14.2 Å². The van der Waals surface area contributed by atoms with Crippen LogP contribution in [-0.2, 0) is 0 Å². The van der Waals surface area contributed by atoms with E-state index in [0.29, 0.717) is 17.9 Å². The molecule has 2 saturated heterocycles. The molecule has 4 aromatic carbocycles. The maximum Gasteiger partial charge on any atom is 0.134 e. The molecular weight excluding hydrogens is 540 g/mol. The van der Waals surface area contributed by atoms with Gasteiger partial charge in [0.05, 0.1) is 6.04 Å². The highest BCUT2D eigenvalue weighted by atomic mass is 35.5. The number of nitrogens with one attached hydrogen (secondary N) is 1. The Hall–Kier alpha value is -3.83. The van der Waals surface area contributed by atoms with Crippen molar-refractivity contribution in [2.24, 2.45) is 0 Å². The van der Waals surface area contributed by atoms with Gasteiger partial charge >= 0.3 is 0 Å². The summed E-state index contributed by atoms with van der Waals surface area (Å²) >= 11 is 0. The van der Waals surface area contributed by atoms with Crippen LogP contribution in [0.3, 0.4) is 0 Å². The lowest BCUT2D eigenvalue weighted by Crippen LogP contribution is -2.47. The standard InChI is InChI=1S/C24H21NO.C11H11NO.C2H6.ClH/c1-3-9-18(10-4-1)24(19-11-5-2-6-12-19)25-16-21(17-25)23-15-20-13-7-8-14-22(20)26-23;1-2-4-10-8(3-1)5-11(13-10)9-6-12-7-9;1-2;/h1-15,21,24H,16-17H2;1-5,9,12H,6-7H2;1-2H3;1H. The molecule has 0 aliphatic carbocycles. The fourth-order valence-corrected chi connectivity index (χ4v) is 5.69. The average Bonchev–Trinajstić information content (AvgIpc) is 3.60. The Morgan fingerprint density at radius 3 is 1.45 bits per heavy atom. The van der Waals surface area contributed by atoms with Crippen LogP contribution in [0.4, 0.5) is 0 Å². The molecule has 1 N–H and O–H groups in total. The topological polar surface area (TPSA) is 41.6 Å². The minimum Gasteiger partial charge on any atom is -0.461 e. The highest BCUT2D eigenvalue weighted by molar-refractivity contribution is 5.85. The molecule has 0 radical (unpaired) electrons. The monoisotopic (exact) mass is 578 g/mol. The first-order valence-corrected chi connectivity index (χ1v) is 14.8. The van der Waals surface area contributed by atoms with Crippen LogP contribution in [0.5, 0.6) is 0 Å². The van der Waals surface area contributed by atoms with Crippen LogP contribution < -0.4 is 5.32 Å². The van der Waals surface area contributed by atoms with Crippen LogP contribution in [0.2, 0.25) is 0 Å². The van der Waals surface area contributed by atoms with Crippen LogP contribution in [0.1, 0.15) is 54.4 Å². The van der Waals surface area contributed by atoms with Gasteiger partial charge in [0.1, 0.15) is 22.7 Å². The third-order valence-electron chi connectivity index (χ3n) is 7.98. The van der Waals surface area contributed by atoms with E-state index in [-0.39, 0.29) is 12.4 Å². The fourth-order valence-electron chi connectivity index (χ4n) is 5.69. The second-order valence-corrected chi connectivity index (χ2v) is 10.6. The summed E-state index contributed by atoms with van der Waals surface area (Å²) in [6.45, 7) is 8.15. The first-order valence-electron chi connectivity index (χ1n) is 14.8. The molecule has 8 rings (SSSR count). The van der Waals surface area contributed by atoms with Crippen molar-refractivity contribution in [3.8, 4) is 0 Å². The number of benzene rings is 4. The van der Waals surface area contributed by atoms with Gasteiger partial charge in [0, 0.05) is 48.8 Å². The molecule has 6 aromatic rings. The van der Waals surface area contributed by atoms with Gasteiger partial charge in [0.2, 0.25) is 0 Å². The summed E-state index contributed by atoms with van der Waals surface area (Å²) in [5.74, 6) is 3.30. The largest absolute Gasteiger partial charge is 0.461 e. The van der Waals surface area contributed by atoms with E-state index in [1.54, 1.807) is 0 Å².